The number of aromatic hydroxyl groups is 1. The molecule has 2 heterocycles. The summed E-state index contributed by atoms with van der Waals surface area (Å²) in [5.74, 6) is 1.93. The summed E-state index contributed by atoms with van der Waals surface area (Å²) in [5.41, 5.74) is 4.14. The van der Waals surface area contributed by atoms with Gasteiger partial charge in [-0.3, -0.25) is 0 Å². The van der Waals surface area contributed by atoms with Gasteiger partial charge in [0.15, 0.2) is 0 Å². The van der Waals surface area contributed by atoms with Crippen molar-refractivity contribution in [3.63, 3.8) is 0 Å². The van der Waals surface area contributed by atoms with Crippen LogP contribution < -0.4 is 10.1 Å². The number of aromatic nitrogens is 3. The number of ether oxygens (including phenoxy) is 1. The number of benzene rings is 2. The van der Waals surface area contributed by atoms with Crippen LogP contribution in [0.2, 0.25) is 0 Å². The highest BCUT2D eigenvalue weighted by atomic mass is 16.5. The summed E-state index contributed by atoms with van der Waals surface area (Å²) >= 11 is 0. The quantitative estimate of drug-likeness (QED) is 0.534. The maximum absolute atomic E-state index is 9.53. The van der Waals surface area contributed by atoms with Crippen molar-refractivity contribution < 1.29 is 9.84 Å². The third-order valence-electron chi connectivity index (χ3n) is 4.85. The minimum atomic E-state index is 0.253. The van der Waals surface area contributed by atoms with Crippen LogP contribution >= 0.6 is 0 Å². The number of fused-ring (bicyclic) bond motifs is 1. The van der Waals surface area contributed by atoms with Crippen LogP contribution in [0.25, 0.3) is 22.3 Å². The second-order valence-electron chi connectivity index (χ2n) is 6.62. The summed E-state index contributed by atoms with van der Waals surface area (Å²) < 4.78 is 7.24. The van der Waals surface area contributed by atoms with Crippen molar-refractivity contribution >= 4 is 16.9 Å². The molecule has 0 saturated heterocycles. The van der Waals surface area contributed by atoms with Crippen molar-refractivity contribution in [2.24, 2.45) is 7.05 Å². The Balaban J connectivity index is 1.55. The predicted molar refractivity (Wildman–Crippen MR) is 111 cm³/mol. The summed E-state index contributed by atoms with van der Waals surface area (Å²) in [7, 11) is 3.65. The van der Waals surface area contributed by atoms with Gasteiger partial charge < -0.3 is 19.7 Å². The molecule has 0 bridgehead atoms. The van der Waals surface area contributed by atoms with E-state index in [1.807, 2.05) is 35.9 Å². The largest absolute Gasteiger partial charge is 0.508 e. The van der Waals surface area contributed by atoms with Crippen LogP contribution in [0.15, 0.2) is 60.9 Å². The van der Waals surface area contributed by atoms with Crippen molar-refractivity contribution in [2.45, 2.75) is 6.42 Å². The molecule has 0 spiro atoms. The van der Waals surface area contributed by atoms with Crippen LogP contribution in [0.4, 0.5) is 5.82 Å². The summed E-state index contributed by atoms with van der Waals surface area (Å²) in [5, 5.41) is 13.9. The van der Waals surface area contributed by atoms with E-state index in [1.54, 1.807) is 25.6 Å². The Hall–Kier alpha value is -3.54. The Morgan fingerprint density at radius 3 is 2.50 bits per heavy atom. The van der Waals surface area contributed by atoms with E-state index in [9.17, 15) is 5.11 Å². The molecule has 2 N–H and O–H groups in total. The lowest BCUT2D eigenvalue weighted by atomic mass is 10.1. The van der Waals surface area contributed by atoms with Gasteiger partial charge in [-0.15, -0.1) is 0 Å². The van der Waals surface area contributed by atoms with E-state index in [0.29, 0.717) is 0 Å². The average Bonchev–Trinajstić information content (AvgIpc) is 3.07. The first-order valence-corrected chi connectivity index (χ1v) is 9.12. The SMILES string of the molecule is COc1ccc(CCNc2ncnc3c2cc(-c2ccc(O)cc2)n3C)cc1. The first-order valence-electron chi connectivity index (χ1n) is 9.12. The number of rotatable bonds is 6. The number of phenolic OH excluding ortho intramolecular Hbond substituents is 1. The molecule has 0 fully saturated rings. The monoisotopic (exact) mass is 374 g/mol. The highest BCUT2D eigenvalue weighted by Gasteiger charge is 2.13. The summed E-state index contributed by atoms with van der Waals surface area (Å²) in [6.07, 6.45) is 2.46. The van der Waals surface area contributed by atoms with Crippen molar-refractivity contribution in [1.29, 1.82) is 0 Å². The molecule has 0 saturated carbocycles. The number of aryl methyl sites for hydroxylation is 1. The van der Waals surface area contributed by atoms with E-state index < -0.39 is 0 Å². The third-order valence-corrected chi connectivity index (χ3v) is 4.85. The van der Waals surface area contributed by atoms with Crippen molar-refractivity contribution in [3.8, 4) is 22.8 Å². The number of hydrogen-bond acceptors (Lipinski definition) is 5. The Morgan fingerprint density at radius 1 is 1.04 bits per heavy atom. The highest BCUT2D eigenvalue weighted by molar-refractivity contribution is 5.92. The molecular formula is C22H22N4O2. The molecule has 6 nitrogen and oxygen atoms in total. The number of methoxy groups -OCH3 is 1. The molecule has 0 atom stereocenters. The molecule has 0 unspecified atom stereocenters. The lowest BCUT2D eigenvalue weighted by molar-refractivity contribution is 0.414. The second-order valence-corrected chi connectivity index (χ2v) is 6.62. The van der Waals surface area contributed by atoms with Gasteiger partial charge in [-0.25, -0.2) is 9.97 Å². The van der Waals surface area contributed by atoms with Crippen LogP contribution in [0, 0.1) is 0 Å². The van der Waals surface area contributed by atoms with Crippen LogP contribution in [0.5, 0.6) is 11.5 Å². The molecule has 4 aromatic rings. The molecule has 142 valence electrons. The topological polar surface area (TPSA) is 72.2 Å². The lowest BCUT2D eigenvalue weighted by Crippen LogP contribution is -2.07. The molecule has 28 heavy (non-hydrogen) atoms. The van der Waals surface area contributed by atoms with E-state index >= 15 is 0 Å². The van der Waals surface area contributed by atoms with Crippen molar-refractivity contribution in [1.82, 2.24) is 14.5 Å². The minimum Gasteiger partial charge on any atom is -0.508 e. The van der Waals surface area contributed by atoms with Crippen LogP contribution in [-0.4, -0.2) is 33.3 Å². The fraction of sp³-hybridized carbons (Fsp3) is 0.182. The van der Waals surface area contributed by atoms with E-state index in [0.717, 1.165) is 46.8 Å². The molecule has 0 amide bonds. The molecule has 2 aromatic heterocycles. The Morgan fingerprint density at radius 2 is 1.79 bits per heavy atom. The standard InChI is InChI=1S/C22H22N4O2/c1-26-20(16-5-7-17(27)8-6-16)13-19-21(24-14-25-22(19)26)23-12-11-15-3-9-18(28-2)10-4-15/h3-10,13-14,27H,11-12H2,1-2H3,(H,23,24,25). The third kappa shape index (κ3) is 3.49. The zero-order valence-corrected chi connectivity index (χ0v) is 15.9. The van der Waals surface area contributed by atoms with Crippen LogP contribution in [-0.2, 0) is 13.5 Å². The molecular weight excluding hydrogens is 352 g/mol. The second kappa shape index (κ2) is 7.60. The van der Waals surface area contributed by atoms with E-state index in [-0.39, 0.29) is 5.75 Å². The van der Waals surface area contributed by atoms with E-state index in [4.69, 9.17) is 4.74 Å². The van der Waals surface area contributed by atoms with Crippen molar-refractivity contribution in [2.75, 3.05) is 19.0 Å². The Labute approximate surface area is 163 Å². The van der Waals surface area contributed by atoms with Gasteiger partial charge in [0.2, 0.25) is 0 Å². The molecule has 2 aromatic carbocycles. The van der Waals surface area contributed by atoms with Crippen LogP contribution in [0.3, 0.4) is 0 Å². The smallest absolute Gasteiger partial charge is 0.145 e. The van der Waals surface area contributed by atoms with Gasteiger partial charge in [-0.05, 0) is 60.0 Å². The van der Waals surface area contributed by atoms with Gasteiger partial charge in [0.05, 0.1) is 18.2 Å². The minimum absolute atomic E-state index is 0.253. The number of hydrogen-bond donors (Lipinski definition) is 2. The summed E-state index contributed by atoms with van der Waals surface area (Å²) in [6.45, 7) is 0.766. The number of anilines is 1. The van der Waals surface area contributed by atoms with Gasteiger partial charge in [0, 0.05) is 13.6 Å². The maximum atomic E-state index is 9.53. The van der Waals surface area contributed by atoms with Gasteiger partial charge in [0.1, 0.15) is 29.3 Å². The van der Waals surface area contributed by atoms with Crippen molar-refractivity contribution in [3.05, 3.63) is 66.5 Å². The molecule has 6 heteroatoms. The first kappa shape index (κ1) is 17.9. The zero-order valence-electron chi connectivity index (χ0n) is 15.9. The number of nitrogens with one attached hydrogen (secondary N) is 1. The van der Waals surface area contributed by atoms with Gasteiger partial charge in [-0.1, -0.05) is 12.1 Å². The maximum Gasteiger partial charge on any atom is 0.145 e. The van der Waals surface area contributed by atoms with Crippen LogP contribution in [0.1, 0.15) is 5.56 Å². The number of nitrogens with zero attached hydrogens (tertiary/aromatic N) is 3. The van der Waals surface area contributed by atoms with E-state index in [2.05, 4.69) is 33.5 Å². The predicted octanol–water partition coefficient (Wildman–Crippen LogP) is 4.00. The Kier molecular flexibility index (Phi) is 4.85. The fourth-order valence-corrected chi connectivity index (χ4v) is 3.30. The molecule has 0 aliphatic carbocycles. The highest BCUT2D eigenvalue weighted by Crippen LogP contribution is 2.30. The van der Waals surface area contributed by atoms with Gasteiger partial charge >= 0.3 is 0 Å². The van der Waals surface area contributed by atoms with Gasteiger partial charge in [0.25, 0.3) is 0 Å². The fourth-order valence-electron chi connectivity index (χ4n) is 3.30. The Bertz CT molecular complexity index is 1090. The normalized spacial score (nSPS) is 10.9. The van der Waals surface area contributed by atoms with E-state index in [1.165, 1.54) is 5.56 Å². The molecule has 4 rings (SSSR count). The molecule has 0 aliphatic heterocycles. The molecule has 0 radical (unpaired) electrons. The summed E-state index contributed by atoms with van der Waals surface area (Å²) in [4.78, 5) is 8.87. The number of phenols is 1. The molecule has 0 aliphatic rings. The van der Waals surface area contributed by atoms with Gasteiger partial charge in [-0.2, -0.15) is 0 Å². The zero-order chi connectivity index (χ0) is 19.5. The average molecular weight is 374 g/mol. The first-order chi connectivity index (χ1) is 13.7. The lowest BCUT2D eigenvalue weighted by Gasteiger charge is -2.07. The summed E-state index contributed by atoms with van der Waals surface area (Å²) in [6, 6.07) is 17.3.